The fraction of sp³-hybridized carbons (Fsp3) is 0.521. The van der Waals surface area contributed by atoms with Crippen molar-refractivity contribution in [1.82, 2.24) is 0 Å². The van der Waals surface area contributed by atoms with Gasteiger partial charge in [-0.2, -0.15) is 0 Å². The Balaban J connectivity index is 1.27. The number of benzene rings is 2. The Bertz CT molecular complexity index is 2040. The van der Waals surface area contributed by atoms with Crippen LogP contribution in [0.5, 0.6) is 0 Å². The minimum atomic E-state index is -2.00. The van der Waals surface area contributed by atoms with Crippen LogP contribution in [-0.2, 0) is 33.2 Å². The minimum Gasteiger partial charge on any atom is -0.462 e. The molecule has 2 aromatic carbocycles. The zero-order chi connectivity index (χ0) is 42.9. The third kappa shape index (κ3) is 8.93. The Kier molecular flexibility index (Phi) is 13.0. The highest BCUT2D eigenvalue weighted by Gasteiger charge is 2.61. The molecule has 12 atom stereocenters. The van der Waals surface area contributed by atoms with Gasteiger partial charge in [0.2, 0.25) is 0 Å². The summed E-state index contributed by atoms with van der Waals surface area (Å²) in [4.78, 5) is 41.4. The fourth-order valence-corrected chi connectivity index (χ4v) is 9.42. The van der Waals surface area contributed by atoms with Crippen LogP contribution in [0.1, 0.15) is 101 Å². The van der Waals surface area contributed by atoms with Crippen LogP contribution < -0.4 is 0 Å². The zero-order valence-corrected chi connectivity index (χ0v) is 35.1. The van der Waals surface area contributed by atoms with E-state index in [0.29, 0.717) is 42.7 Å². The summed E-state index contributed by atoms with van der Waals surface area (Å²) in [5.41, 5.74) is -0.0921. The van der Waals surface area contributed by atoms with E-state index in [1.807, 2.05) is 26.0 Å². The lowest BCUT2D eigenvalue weighted by atomic mass is 9.70. The molecule has 0 saturated carbocycles. The smallest absolute Gasteiger partial charge is 0.338 e. The molecule has 2 bridgehead atoms. The molecule has 60 heavy (non-hydrogen) atoms. The second kappa shape index (κ2) is 17.8. The van der Waals surface area contributed by atoms with Crippen molar-refractivity contribution in [2.45, 2.75) is 128 Å². The van der Waals surface area contributed by atoms with Gasteiger partial charge in [0.25, 0.3) is 0 Å². The minimum absolute atomic E-state index is 0.0693. The first-order valence-electron chi connectivity index (χ1n) is 21.2. The first kappa shape index (κ1) is 43.6. The third-order valence-electron chi connectivity index (χ3n) is 13.0. The summed E-state index contributed by atoms with van der Waals surface area (Å²) >= 11 is 0. The molecule has 0 radical (unpaired) electrons. The molecule has 4 aliphatic heterocycles. The molecule has 10 nitrogen and oxygen atoms in total. The molecule has 7 rings (SSSR count). The normalized spacial score (nSPS) is 37.2. The fourth-order valence-electron chi connectivity index (χ4n) is 9.42. The standard InChI is InChI=1S/C48H56F2O10/c1-7-27(2)41-30(5)21-22-47(60-41)25-38-24-37(59-47)20-11-29(4)40(57-44(51)32-12-16-35(49)17-13-32)28(3)9-8-10-34-26-55-43-42(58-45(52)33-14-18-36(50)19-15-33)31(6)23-39(46(53)56-38)48(34,43)54/h8-19,23,27-28,30,37-43,54H,7,20-22,24-26H2,1-6H3/b9-8+,29-11+,34-10+/t27-,28-,30-,37+,38-,39-,40-,41+,42+,43+,47+,48+/m0/s1. The summed E-state index contributed by atoms with van der Waals surface area (Å²) in [6, 6.07) is 10.1. The van der Waals surface area contributed by atoms with Gasteiger partial charge in [0, 0.05) is 25.2 Å². The van der Waals surface area contributed by atoms with Crippen molar-refractivity contribution in [3.63, 3.8) is 0 Å². The molecule has 5 aliphatic rings. The lowest BCUT2D eigenvalue weighted by Crippen LogP contribution is -2.59. The van der Waals surface area contributed by atoms with Gasteiger partial charge in [-0.15, -0.1) is 0 Å². The van der Waals surface area contributed by atoms with Crippen molar-refractivity contribution >= 4 is 17.9 Å². The van der Waals surface area contributed by atoms with Crippen LogP contribution in [0.4, 0.5) is 8.78 Å². The van der Waals surface area contributed by atoms with Crippen molar-refractivity contribution < 1.29 is 56.7 Å². The molecule has 3 saturated heterocycles. The van der Waals surface area contributed by atoms with Crippen molar-refractivity contribution in [1.29, 1.82) is 0 Å². The molecular weight excluding hydrogens is 775 g/mol. The largest absolute Gasteiger partial charge is 0.462 e. The zero-order valence-electron chi connectivity index (χ0n) is 35.1. The van der Waals surface area contributed by atoms with Crippen LogP contribution in [0.3, 0.4) is 0 Å². The first-order valence-corrected chi connectivity index (χ1v) is 21.2. The number of hydrogen-bond donors (Lipinski definition) is 1. The van der Waals surface area contributed by atoms with E-state index in [1.54, 1.807) is 25.2 Å². The highest BCUT2D eigenvalue weighted by molar-refractivity contribution is 5.90. The summed E-state index contributed by atoms with van der Waals surface area (Å²) in [5.74, 6) is -5.10. The summed E-state index contributed by atoms with van der Waals surface area (Å²) in [6.07, 6.45) is 8.03. The van der Waals surface area contributed by atoms with E-state index in [2.05, 4.69) is 20.8 Å². The van der Waals surface area contributed by atoms with Gasteiger partial charge in [-0.3, -0.25) is 4.79 Å². The van der Waals surface area contributed by atoms with Gasteiger partial charge in [0.05, 0.1) is 29.9 Å². The number of rotatable bonds is 6. The number of halogens is 2. The molecule has 0 amide bonds. The van der Waals surface area contributed by atoms with Gasteiger partial charge in [-0.05, 0) is 104 Å². The quantitative estimate of drug-likeness (QED) is 0.172. The number of hydrogen-bond acceptors (Lipinski definition) is 10. The van der Waals surface area contributed by atoms with Crippen LogP contribution in [0.25, 0.3) is 0 Å². The number of fused-ring (bicyclic) bond motifs is 2. The van der Waals surface area contributed by atoms with Gasteiger partial charge in [0.15, 0.2) is 11.9 Å². The Morgan fingerprint density at radius 2 is 1.55 bits per heavy atom. The molecule has 12 heteroatoms. The summed E-state index contributed by atoms with van der Waals surface area (Å²) in [7, 11) is 0. The van der Waals surface area contributed by atoms with E-state index in [9.17, 15) is 28.3 Å². The topological polar surface area (TPSA) is 127 Å². The van der Waals surface area contributed by atoms with Gasteiger partial charge < -0.3 is 33.5 Å². The monoisotopic (exact) mass is 830 g/mol. The summed E-state index contributed by atoms with van der Waals surface area (Å²) in [6.45, 7) is 11.9. The molecule has 1 aliphatic carbocycles. The molecule has 322 valence electrons. The van der Waals surface area contributed by atoms with Gasteiger partial charge in [-0.25, -0.2) is 18.4 Å². The highest BCUT2D eigenvalue weighted by atomic mass is 19.1. The summed E-state index contributed by atoms with van der Waals surface area (Å²) in [5, 5.41) is 12.9. The Labute approximate surface area is 350 Å². The lowest BCUT2D eigenvalue weighted by Gasteiger charge is -2.51. The SMILES string of the molecule is CC[C@H](C)[C@H]1O[C@]2(CC[C@@H]1C)C[C@@H]1C[C@@H](C/C=C(\C)[C@@H](OC(=O)c3ccc(F)cc3)[C@@H](C)/C=C/C=C3\CO[C@@H]4[C@H](OC(=O)c5ccc(F)cc5)C(C)=C[C@@H](C(=O)O1)[C@]34O)O2. The number of ether oxygens (including phenoxy) is 6. The third-order valence-corrected chi connectivity index (χ3v) is 13.0. The van der Waals surface area contributed by atoms with Crippen LogP contribution >= 0.6 is 0 Å². The van der Waals surface area contributed by atoms with E-state index in [4.69, 9.17) is 28.4 Å². The molecule has 1 N–H and O–H groups in total. The highest BCUT2D eigenvalue weighted by Crippen LogP contribution is 2.48. The van der Waals surface area contributed by atoms with Crippen molar-refractivity contribution in [2.75, 3.05) is 6.61 Å². The second-order valence-corrected chi connectivity index (χ2v) is 17.4. The second-order valence-electron chi connectivity index (χ2n) is 17.4. The van der Waals surface area contributed by atoms with Crippen LogP contribution in [-0.4, -0.2) is 77.6 Å². The van der Waals surface area contributed by atoms with Crippen LogP contribution in [0.2, 0.25) is 0 Å². The lowest BCUT2D eigenvalue weighted by molar-refractivity contribution is -0.340. The average molecular weight is 831 g/mol. The molecule has 0 unspecified atom stereocenters. The van der Waals surface area contributed by atoms with Crippen LogP contribution in [0.15, 0.2) is 95.6 Å². The van der Waals surface area contributed by atoms with Crippen molar-refractivity contribution in [3.05, 3.63) is 118 Å². The number of carbonyl (C=O) groups excluding carboxylic acids is 3. The van der Waals surface area contributed by atoms with E-state index in [-0.39, 0.29) is 29.8 Å². The average Bonchev–Trinajstić information content (AvgIpc) is 3.56. The van der Waals surface area contributed by atoms with Crippen LogP contribution in [0, 0.1) is 35.3 Å². The Morgan fingerprint density at radius 3 is 2.18 bits per heavy atom. The molecule has 1 spiro atoms. The van der Waals surface area contributed by atoms with Crippen molar-refractivity contribution in [3.8, 4) is 0 Å². The maximum Gasteiger partial charge on any atom is 0.338 e. The van der Waals surface area contributed by atoms with Gasteiger partial charge in [-0.1, -0.05) is 64.5 Å². The van der Waals surface area contributed by atoms with E-state index >= 15 is 0 Å². The number of esters is 3. The summed E-state index contributed by atoms with van der Waals surface area (Å²) < 4.78 is 65.9. The van der Waals surface area contributed by atoms with E-state index in [0.717, 1.165) is 30.5 Å². The number of aliphatic hydroxyl groups is 1. The number of carbonyl (C=O) groups is 3. The predicted octanol–water partition coefficient (Wildman–Crippen LogP) is 8.54. The molecule has 3 fully saturated rings. The van der Waals surface area contributed by atoms with E-state index in [1.165, 1.54) is 36.4 Å². The molecule has 4 heterocycles. The first-order chi connectivity index (χ1) is 28.6. The Hall–Kier alpha value is -4.49. The molecular formula is C48H56F2O10. The number of allylic oxidation sites excluding steroid dienone is 2. The molecule has 2 aromatic rings. The maximum absolute atomic E-state index is 14.6. The van der Waals surface area contributed by atoms with Gasteiger partial charge in [0.1, 0.15) is 41.5 Å². The maximum atomic E-state index is 14.6. The predicted molar refractivity (Wildman–Crippen MR) is 217 cm³/mol. The Morgan fingerprint density at radius 1 is 0.917 bits per heavy atom. The van der Waals surface area contributed by atoms with Crippen molar-refractivity contribution in [2.24, 2.45) is 23.7 Å². The molecule has 0 aromatic heterocycles. The van der Waals surface area contributed by atoms with E-state index < -0.39 is 83.3 Å². The van der Waals surface area contributed by atoms with Gasteiger partial charge >= 0.3 is 17.9 Å².